The number of hydrogen-bond donors (Lipinski definition) is 1. The molecule has 20 heavy (non-hydrogen) atoms. The van der Waals surface area contributed by atoms with E-state index in [1.54, 1.807) is 7.11 Å². The molecule has 0 spiro atoms. The van der Waals surface area contributed by atoms with Gasteiger partial charge in [-0.1, -0.05) is 6.07 Å². The second-order valence-electron chi connectivity index (χ2n) is 6.19. The maximum Gasteiger partial charge on any atom is 0.119 e. The van der Waals surface area contributed by atoms with Gasteiger partial charge in [0.25, 0.3) is 0 Å². The Morgan fingerprint density at radius 2 is 1.90 bits per heavy atom. The van der Waals surface area contributed by atoms with Crippen LogP contribution in [0.2, 0.25) is 0 Å². The SMILES string of the molecule is COc1cc(C)cc(C2(O)CC3COCC(C2)N3C)c1. The first-order chi connectivity index (χ1) is 9.51. The van der Waals surface area contributed by atoms with Gasteiger partial charge in [0, 0.05) is 12.1 Å². The number of aryl methyl sites for hydroxylation is 1. The fourth-order valence-electron chi connectivity index (χ4n) is 3.51. The Morgan fingerprint density at radius 3 is 2.50 bits per heavy atom. The summed E-state index contributed by atoms with van der Waals surface area (Å²) in [6.07, 6.45) is 1.43. The molecule has 2 aliphatic heterocycles. The highest BCUT2D eigenvalue weighted by atomic mass is 16.5. The Kier molecular flexibility index (Phi) is 3.48. The highest BCUT2D eigenvalue weighted by molar-refractivity contribution is 5.37. The van der Waals surface area contributed by atoms with Crippen molar-refractivity contribution < 1.29 is 14.6 Å². The van der Waals surface area contributed by atoms with Crippen molar-refractivity contribution in [2.75, 3.05) is 27.4 Å². The van der Waals surface area contributed by atoms with E-state index < -0.39 is 5.60 Å². The van der Waals surface area contributed by atoms with Crippen LogP contribution in [-0.4, -0.2) is 49.5 Å². The molecule has 1 aromatic rings. The maximum atomic E-state index is 11.2. The second-order valence-corrected chi connectivity index (χ2v) is 6.19. The Hall–Kier alpha value is -1.10. The zero-order chi connectivity index (χ0) is 14.3. The summed E-state index contributed by atoms with van der Waals surface area (Å²) >= 11 is 0. The van der Waals surface area contributed by atoms with Gasteiger partial charge in [-0.15, -0.1) is 0 Å². The lowest BCUT2D eigenvalue weighted by Crippen LogP contribution is -2.59. The Labute approximate surface area is 120 Å². The van der Waals surface area contributed by atoms with E-state index in [0.717, 1.165) is 16.9 Å². The van der Waals surface area contributed by atoms with Gasteiger partial charge in [0.1, 0.15) is 5.75 Å². The number of rotatable bonds is 2. The summed E-state index contributed by atoms with van der Waals surface area (Å²) < 4.78 is 11.0. The van der Waals surface area contributed by atoms with Gasteiger partial charge >= 0.3 is 0 Å². The summed E-state index contributed by atoms with van der Waals surface area (Å²) in [6, 6.07) is 6.61. The maximum absolute atomic E-state index is 11.2. The molecule has 0 saturated carbocycles. The van der Waals surface area contributed by atoms with Gasteiger partial charge < -0.3 is 14.6 Å². The minimum absolute atomic E-state index is 0.291. The number of ether oxygens (including phenoxy) is 2. The number of hydrogen-bond acceptors (Lipinski definition) is 4. The zero-order valence-electron chi connectivity index (χ0n) is 12.4. The van der Waals surface area contributed by atoms with Gasteiger partial charge in [-0.05, 0) is 50.1 Å². The summed E-state index contributed by atoms with van der Waals surface area (Å²) in [5.74, 6) is 0.814. The summed E-state index contributed by atoms with van der Waals surface area (Å²) in [4.78, 5) is 2.35. The van der Waals surface area contributed by atoms with Crippen LogP contribution >= 0.6 is 0 Å². The fraction of sp³-hybridized carbons (Fsp3) is 0.625. The van der Waals surface area contributed by atoms with Gasteiger partial charge in [-0.2, -0.15) is 0 Å². The van der Waals surface area contributed by atoms with E-state index in [1.807, 2.05) is 19.1 Å². The summed E-state index contributed by atoms with van der Waals surface area (Å²) in [5, 5.41) is 11.2. The molecule has 3 rings (SSSR count). The first-order valence-corrected chi connectivity index (χ1v) is 7.20. The molecule has 0 radical (unpaired) electrons. The van der Waals surface area contributed by atoms with Crippen LogP contribution in [0, 0.1) is 6.92 Å². The molecule has 0 aromatic heterocycles. The zero-order valence-corrected chi connectivity index (χ0v) is 12.4. The highest BCUT2D eigenvalue weighted by Gasteiger charge is 2.45. The minimum atomic E-state index is -0.773. The lowest BCUT2D eigenvalue weighted by Gasteiger charge is -2.50. The van der Waals surface area contributed by atoms with E-state index in [2.05, 4.69) is 18.0 Å². The van der Waals surface area contributed by atoms with Crippen LogP contribution < -0.4 is 4.74 Å². The predicted octanol–water partition coefficient (Wildman–Crippen LogP) is 1.68. The van der Waals surface area contributed by atoms with Crippen molar-refractivity contribution in [2.45, 2.75) is 37.5 Å². The average Bonchev–Trinajstić information content (AvgIpc) is 2.40. The summed E-state index contributed by atoms with van der Waals surface area (Å²) in [5.41, 5.74) is 1.32. The number of fused-ring (bicyclic) bond motifs is 2. The van der Waals surface area contributed by atoms with E-state index in [9.17, 15) is 5.11 Å². The number of morpholine rings is 1. The van der Waals surface area contributed by atoms with Crippen LogP contribution in [0.25, 0.3) is 0 Å². The van der Waals surface area contributed by atoms with Gasteiger partial charge in [0.15, 0.2) is 0 Å². The summed E-state index contributed by atoms with van der Waals surface area (Å²) in [7, 11) is 3.80. The van der Waals surface area contributed by atoms with E-state index in [1.165, 1.54) is 0 Å². The molecule has 0 aliphatic carbocycles. The topological polar surface area (TPSA) is 41.9 Å². The van der Waals surface area contributed by atoms with Crippen molar-refractivity contribution in [3.63, 3.8) is 0 Å². The van der Waals surface area contributed by atoms with Crippen LogP contribution in [0.1, 0.15) is 24.0 Å². The van der Waals surface area contributed by atoms with E-state index >= 15 is 0 Å². The van der Waals surface area contributed by atoms with Crippen LogP contribution in [0.15, 0.2) is 18.2 Å². The predicted molar refractivity (Wildman–Crippen MR) is 77.0 cm³/mol. The molecule has 110 valence electrons. The van der Waals surface area contributed by atoms with E-state index in [4.69, 9.17) is 9.47 Å². The first-order valence-electron chi connectivity index (χ1n) is 7.20. The van der Waals surface area contributed by atoms with Crippen molar-refractivity contribution in [2.24, 2.45) is 0 Å². The minimum Gasteiger partial charge on any atom is -0.497 e. The number of benzene rings is 1. The molecule has 4 heteroatoms. The van der Waals surface area contributed by atoms with Gasteiger partial charge in [0.2, 0.25) is 0 Å². The third-order valence-electron chi connectivity index (χ3n) is 4.74. The van der Waals surface area contributed by atoms with Gasteiger partial charge in [-0.25, -0.2) is 0 Å². The Morgan fingerprint density at radius 1 is 1.25 bits per heavy atom. The van der Waals surface area contributed by atoms with Crippen molar-refractivity contribution in [3.8, 4) is 5.75 Å². The van der Waals surface area contributed by atoms with Crippen LogP contribution in [-0.2, 0) is 10.3 Å². The van der Waals surface area contributed by atoms with Gasteiger partial charge in [-0.3, -0.25) is 4.90 Å². The number of nitrogens with zero attached hydrogens (tertiary/aromatic N) is 1. The van der Waals surface area contributed by atoms with Crippen LogP contribution in [0.5, 0.6) is 5.75 Å². The molecule has 4 nitrogen and oxygen atoms in total. The highest BCUT2D eigenvalue weighted by Crippen LogP contribution is 2.41. The molecule has 2 unspecified atom stereocenters. The lowest BCUT2D eigenvalue weighted by atomic mass is 9.77. The van der Waals surface area contributed by atoms with Crippen molar-refractivity contribution in [1.82, 2.24) is 4.90 Å². The lowest BCUT2D eigenvalue weighted by molar-refractivity contribution is -0.137. The molecule has 2 aliphatic rings. The largest absolute Gasteiger partial charge is 0.497 e. The monoisotopic (exact) mass is 277 g/mol. The molecule has 2 fully saturated rings. The van der Waals surface area contributed by atoms with Crippen molar-refractivity contribution in [1.29, 1.82) is 0 Å². The van der Waals surface area contributed by atoms with E-state index in [0.29, 0.717) is 38.1 Å². The molecular formula is C16H23NO3. The van der Waals surface area contributed by atoms with Crippen LogP contribution in [0.3, 0.4) is 0 Å². The normalized spacial score (nSPS) is 34.0. The second kappa shape index (κ2) is 5.02. The molecule has 1 N–H and O–H groups in total. The molecule has 2 heterocycles. The van der Waals surface area contributed by atoms with E-state index in [-0.39, 0.29) is 0 Å². The molecule has 0 amide bonds. The standard InChI is InChI=1S/C16H23NO3/c1-11-4-12(6-15(5-11)19-3)16(18)7-13-9-20-10-14(8-16)17(13)2/h4-6,13-14,18H,7-10H2,1-3H3. The number of piperidine rings is 1. The fourth-order valence-corrected chi connectivity index (χ4v) is 3.51. The van der Waals surface area contributed by atoms with Crippen molar-refractivity contribution >= 4 is 0 Å². The molecule has 2 bridgehead atoms. The molecule has 2 saturated heterocycles. The third kappa shape index (κ3) is 2.32. The third-order valence-corrected chi connectivity index (χ3v) is 4.74. The summed E-state index contributed by atoms with van der Waals surface area (Å²) in [6.45, 7) is 3.45. The number of methoxy groups -OCH3 is 1. The number of likely N-dealkylation sites (N-methyl/N-ethyl adjacent to an activating group) is 1. The Balaban J connectivity index is 1.94. The van der Waals surface area contributed by atoms with Crippen LogP contribution in [0.4, 0.5) is 0 Å². The quantitative estimate of drug-likeness (QED) is 0.893. The van der Waals surface area contributed by atoms with Crippen molar-refractivity contribution in [3.05, 3.63) is 29.3 Å². The number of aliphatic hydroxyl groups is 1. The first kappa shape index (κ1) is 13.9. The van der Waals surface area contributed by atoms with Gasteiger partial charge in [0.05, 0.1) is 25.9 Å². The smallest absolute Gasteiger partial charge is 0.119 e. The molecular weight excluding hydrogens is 254 g/mol. The molecule has 2 atom stereocenters. The Bertz CT molecular complexity index is 488. The average molecular weight is 277 g/mol. The molecule has 1 aromatic carbocycles.